The van der Waals surface area contributed by atoms with E-state index in [4.69, 9.17) is 0 Å². The van der Waals surface area contributed by atoms with Gasteiger partial charge in [-0.25, -0.2) is 0 Å². The molecule has 0 aromatic carbocycles. The molecule has 0 rings (SSSR count). The highest BCUT2D eigenvalue weighted by Crippen LogP contribution is 2.21. The summed E-state index contributed by atoms with van der Waals surface area (Å²) in [6.45, 7) is 5.59. The van der Waals surface area contributed by atoms with Crippen LogP contribution < -0.4 is 5.32 Å². The SMILES string of the molecule is CNCC(C)(C)CN(C)CCC(F)(F)F. The molecular formula is C10H21F3N2. The standard InChI is InChI=1S/C10H21F3N2/c1-9(2,7-14-3)8-15(4)6-5-10(11,12)13/h14H,5-8H2,1-4H3. The highest BCUT2D eigenvalue weighted by Gasteiger charge is 2.28. The highest BCUT2D eigenvalue weighted by molar-refractivity contribution is 4.74. The van der Waals surface area contributed by atoms with Crippen LogP contribution in [-0.4, -0.2) is 44.8 Å². The Labute approximate surface area is 89.8 Å². The van der Waals surface area contributed by atoms with E-state index < -0.39 is 12.6 Å². The Balaban J connectivity index is 3.87. The zero-order valence-electron chi connectivity index (χ0n) is 9.91. The maximum Gasteiger partial charge on any atom is 0.390 e. The molecule has 0 atom stereocenters. The zero-order chi connectivity index (χ0) is 12.1. The van der Waals surface area contributed by atoms with Gasteiger partial charge in [-0.1, -0.05) is 13.8 Å². The topological polar surface area (TPSA) is 15.3 Å². The van der Waals surface area contributed by atoms with Gasteiger partial charge in [-0.15, -0.1) is 0 Å². The molecule has 0 saturated heterocycles. The molecule has 0 aliphatic heterocycles. The van der Waals surface area contributed by atoms with Gasteiger partial charge >= 0.3 is 6.18 Å². The molecular weight excluding hydrogens is 205 g/mol. The van der Waals surface area contributed by atoms with Crippen LogP contribution in [0.5, 0.6) is 0 Å². The first-order valence-electron chi connectivity index (χ1n) is 5.06. The van der Waals surface area contributed by atoms with Crippen LogP contribution in [0.15, 0.2) is 0 Å². The van der Waals surface area contributed by atoms with Crippen molar-refractivity contribution >= 4 is 0 Å². The largest absolute Gasteiger partial charge is 0.390 e. The summed E-state index contributed by atoms with van der Waals surface area (Å²) in [4.78, 5) is 1.73. The van der Waals surface area contributed by atoms with Gasteiger partial charge in [-0.3, -0.25) is 0 Å². The fourth-order valence-electron chi connectivity index (χ4n) is 1.66. The molecule has 0 aromatic heterocycles. The first-order valence-corrected chi connectivity index (χ1v) is 5.06. The van der Waals surface area contributed by atoms with E-state index in [0.717, 1.165) is 6.54 Å². The summed E-state index contributed by atoms with van der Waals surface area (Å²) in [6.07, 6.45) is -4.79. The van der Waals surface area contributed by atoms with E-state index in [-0.39, 0.29) is 12.0 Å². The maximum absolute atomic E-state index is 12.0. The smallest absolute Gasteiger partial charge is 0.319 e. The number of alkyl halides is 3. The molecule has 0 aliphatic rings. The second-order valence-corrected chi connectivity index (χ2v) is 4.80. The van der Waals surface area contributed by atoms with Crippen molar-refractivity contribution in [3.63, 3.8) is 0 Å². The molecule has 0 amide bonds. The van der Waals surface area contributed by atoms with Gasteiger partial charge in [-0.2, -0.15) is 13.2 Å². The lowest BCUT2D eigenvalue weighted by Crippen LogP contribution is -2.39. The molecule has 2 nitrogen and oxygen atoms in total. The fourth-order valence-corrected chi connectivity index (χ4v) is 1.66. The molecule has 0 aromatic rings. The van der Waals surface area contributed by atoms with Gasteiger partial charge in [0, 0.05) is 19.6 Å². The van der Waals surface area contributed by atoms with Gasteiger partial charge in [-0.05, 0) is 19.5 Å². The van der Waals surface area contributed by atoms with E-state index in [1.165, 1.54) is 0 Å². The number of halogens is 3. The van der Waals surface area contributed by atoms with Crippen molar-refractivity contribution in [1.29, 1.82) is 0 Å². The number of hydrogen-bond donors (Lipinski definition) is 1. The minimum Gasteiger partial charge on any atom is -0.319 e. The average molecular weight is 226 g/mol. The van der Waals surface area contributed by atoms with Gasteiger partial charge in [0.25, 0.3) is 0 Å². The zero-order valence-corrected chi connectivity index (χ0v) is 9.91. The third-order valence-electron chi connectivity index (χ3n) is 2.13. The van der Waals surface area contributed by atoms with Crippen LogP contribution in [0.25, 0.3) is 0 Å². The van der Waals surface area contributed by atoms with E-state index in [2.05, 4.69) is 5.32 Å². The number of nitrogens with zero attached hydrogens (tertiary/aromatic N) is 1. The van der Waals surface area contributed by atoms with E-state index in [9.17, 15) is 13.2 Å². The first kappa shape index (κ1) is 14.7. The summed E-state index contributed by atoms with van der Waals surface area (Å²) in [7, 11) is 3.57. The van der Waals surface area contributed by atoms with Crippen LogP contribution in [0.1, 0.15) is 20.3 Å². The third-order valence-corrected chi connectivity index (χ3v) is 2.13. The fraction of sp³-hybridized carbons (Fsp3) is 1.00. The molecule has 1 N–H and O–H groups in total. The van der Waals surface area contributed by atoms with Crippen molar-refractivity contribution in [3.05, 3.63) is 0 Å². The average Bonchev–Trinajstić information content (AvgIpc) is 1.98. The molecule has 0 fully saturated rings. The van der Waals surface area contributed by atoms with Gasteiger partial charge in [0.05, 0.1) is 6.42 Å². The highest BCUT2D eigenvalue weighted by atomic mass is 19.4. The Morgan fingerprint density at radius 1 is 1.20 bits per heavy atom. The van der Waals surface area contributed by atoms with Crippen LogP contribution in [0.4, 0.5) is 13.2 Å². The van der Waals surface area contributed by atoms with Gasteiger partial charge in [0.15, 0.2) is 0 Å². The van der Waals surface area contributed by atoms with E-state index in [1.807, 2.05) is 20.9 Å². The second-order valence-electron chi connectivity index (χ2n) is 4.80. The second kappa shape index (κ2) is 5.70. The first-order chi connectivity index (χ1) is 6.66. The van der Waals surface area contributed by atoms with Crippen molar-refractivity contribution in [2.75, 3.05) is 33.7 Å². The third kappa shape index (κ3) is 8.69. The molecule has 0 bridgehead atoms. The summed E-state index contributed by atoms with van der Waals surface area (Å²) in [5.74, 6) is 0. The lowest BCUT2D eigenvalue weighted by Gasteiger charge is -2.30. The number of nitrogens with one attached hydrogen (secondary N) is 1. The van der Waals surface area contributed by atoms with Crippen molar-refractivity contribution in [3.8, 4) is 0 Å². The van der Waals surface area contributed by atoms with Crippen LogP contribution in [0.2, 0.25) is 0 Å². The summed E-state index contributed by atoms with van der Waals surface area (Å²) >= 11 is 0. The summed E-state index contributed by atoms with van der Waals surface area (Å²) in [5.41, 5.74) is -0.00486. The Morgan fingerprint density at radius 3 is 2.13 bits per heavy atom. The van der Waals surface area contributed by atoms with Crippen LogP contribution >= 0.6 is 0 Å². The van der Waals surface area contributed by atoms with Crippen LogP contribution in [-0.2, 0) is 0 Å². The number of rotatable bonds is 6. The van der Waals surface area contributed by atoms with Crippen molar-refractivity contribution < 1.29 is 13.2 Å². The molecule has 0 heterocycles. The van der Waals surface area contributed by atoms with Gasteiger partial charge in [0.1, 0.15) is 0 Å². The van der Waals surface area contributed by atoms with Crippen LogP contribution in [0, 0.1) is 5.41 Å². The van der Waals surface area contributed by atoms with E-state index in [1.54, 1.807) is 11.9 Å². The van der Waals surface area contributed by atoms with Crippen molar-refractivity contribution in [2.45, 2.75) is 26.4 Å². The Morgan fingerprint density at radius 2 is 1.73 bits per heavy atom. The summed E-state index contributed by atoms with van der Waals surface area (Å²) < 4.78 is 35.9. The summed E-state index contributed by atoms with van der Waals surface area (Å²) in [6, 6.07) is 0. The van der Waals surface area contributed by atoms with Crippen molar-refractivity contribution in [2.24, 2.45) is 5.41 Å². The van der Waals surface area contributed by atoms with Crippen LogP contribution in [0.3, 0.4) is 0 Å². The van der Waals surface area contributed by atoms with E-state index >= 15 is 0 Å². The predicted octanol–water partition coefficient (Wildman–Crippen LogP) is 2.12. The predicted molar refractivity (Wildman–Crippen MR) is 55.9 cm³/mol. The lowest BCUT2D eigenvalue weighted by molar-refractivity contribution is -0.137. The molecule has 0 spiro atoms. The minimum absolute atomic E-state index is 0.00486. The molecule has 5 heteroatoms. The summed E-state index contributed by atoms with van der Waals surface area (Å²) in [5, 5.41) is 3.04. The molecule has 92 valence electrons. The molecule has 0 radical (unpaired) electrons. The lowest BCUT2D eigenvalue weighted by atomic mass is 9.93. The van der Waals surface area contributed by atoms with E-state index in [0.29, 0.717) is 6.54 Å². The maximum atomic E-state index is 12.0. The van der Waals surface area contributed by atoms with Gasteiger partial charge < -0.3 is 10.2 Å². The Hall–Kier alpha value is -0.290. The Bertz CT molecular complexity index is 178. The quantitative estimate of drug-likeness (QED) is 0.746. The number of hydrogen-bond acceptors (Lipinski definition) is 2. The molecule has 0 aliphatic carbocycles. The molecule has 15 heavy (non-hydrogen) atoms. The monoisotopic (exact) mass is 226 g/mol. The normalized spacial score (nSPS) is 13.6. The minimum atomic E-state index is -4.05. The van der Waals surface area contributed by atoms with Gasteiger partial charge in [0.2, 0.25) is 0 Å². The van der Waals surface area contributed by atoms with Crippen molar-refractivity contribution in [1.82, 2.24) is 10.2 Å². The molecule has 0 saturated carbocycles. The molecule has 0 unspecified atom stereocenters. The Kier molecular flexibility index (Phi) is 5.59.